The lowest BCUT2D eigenvalue weighted by atomic mass is 9.77. The molecule has 0 saturated heterocycles. The molecule has 5 aromatic carbocycles. The van der Waals surface area contributed by atoms with Gasteiger partial charge in [0.1, 0.15) is 10.5 Å². The normalized spacial score (nSPS) is 13.5. The zero-order valence-corrected chi connectivity index (χ0v) is 37.0. The standard InChI is InChI=1S/C21H20N2O2S.C19H10Br2O8S.C4H6/c1-4-23(5-2)17-10-11-18-14(3)20(21(24)25-19(18)12-17)15-6-8-16(9-7-15)22-13-26;20-10-5-8-17(15(24)13(10)22)28-18-9(6-11(21)14(23)16(18)25)19(8)7-3-1-2-4-12(7)30(26,27)29-19;1-3-4-2/h6-12H,4-5H2,1-3H3;1-6,22-25H;3-4H,1-2H2. The first kappa shape index (κ1) is 43.8. The average Bonchev–Trinajstić information content (AvgIpc) is 3.48. The number of nitrogens with zero attached hydrogens (tertiary/aromatic N) is 2. The van der Waals surface area contributed by atoms with Gasteiger partial charge in [-0.1, -0.05) is 55.6 Å². The highest BCUT2D eigenvalue weighted by atomic mass is 79.9. The van der Waals surface area contributed by atoms with Gasteiger partial charge in [0.25, 0.3) is 10.1 Å². The molecule has 0 amide bonds. The minimum absolute atomic E-state index is 0.0672. The van der Waals surface area contributed by atoms with Crippen LogP contribution in [0.3, 0.4) is 0 Å². The van der Waals surface area contributed by atoms with Crippen LogP contribution in [0.15, 0.2) is 132 Å². The number of phenolic OH excluding ortho intramolecular Hbond substituents is 4. The minimum Gasteiger partial charge on any atom is -0.503 e. The molecule has 1 aromatic heterocycles. The van der Waals surface area contributed by atoms with E-state index in [1.54, 1.807) is 30.4 Å². The number of fused-ring (bicyclic) bond motifs is 7. The number of anilines is 1. The quantitative estimate of drug-likeness (QED) is 0.0310. The van der Waals surface area contributed by atoms with Crippen molar-refractivity contribution in [1.82, 2.24) is 0 Å². The Kier molecular flexibility index (Phi) is 12.8. The summed E-state index contributed by atoms with van der Waals surface area (Å²) in [4.78, 5) is 18.7. The highest BCUT2D eigenvalue weighted by molar-refractivity contribution is 9.11. The van der Waals surface area contributed by atoms with E-state index in [4.69, 9.17) is 13.3 Å². The fourth-order valence-corrected chi connectivity index (χ4v) is 9.38. The van der Waals surface area contributed by atoms with E-state index in [2.05, 4.69) is 92.2 Å². The van der Waals surface area contributed by atoms with Crippen molar-refractivity contribution >= 4 is 81.7 Å². The van der Waals surface area contributed by atoms with Gasteiger partial charge < -0.3 is 34.5 Å². The summed E-state index contributed by atoms with van der Waals surface area (Å²) in [5.74, 6) is -3.16. The van der Waals surface area contributed by atoms with E-state index in [1.807, 2.05) is 31.2 Å². The molecule has 3 heterocycles. The van der Waals surface area contributed by atoms with Gasteiger partial charge in [-0.05, 0) is 118 Å². The number of hydrogen-bond donors (Lipinski definition) is 4. The molecule has 0 aliphatic carbocycles. The maximum absolute atomic E-state index is 12.9. The smallest absolute Gasteiger partial charge is 0.344 e. The van der Waals surface area contributed by atoms with Crippen LogP contribution in [0, 0.1) is 6.92 Å². The van der Waals surface area contributed by atoms with Gasteiger partial charge >= 0.3 is 5.63 Å². The van der Waals surface area contributed by atoms with Crippen LogP contribution in [0.4, 0.5) is 11.4 Å². The molecular weight excluding hydrogens is 940 g/mol. The van der Waals surface area contributed by atoms with Crippen LogP contribution >= 0.6 is 44.1 Å². The lowest BCUT2D eigenvalue weighted by Crippen LogP contribution is -2.33. The summed E-state index contributed by atoms with van der Waals surface area (Å²) in [6, 6.07) is 22.1. The monoisotopic (exact) mass is 974 g/mol. The fourth-order valence-electron chi connectivity index (χ4n) is 7.02. The van der Waals surface area contributed by atoms with Crippen LogP contribution in [-0.2, 0) is 19.9 Å². The number of isothiocyanates is 1. The van der Waals surface area contributed by atoms with E-state index in [9.17, 15) is 33.6 Å². The molecule has 0 unspecified atom stereocenters. The molecule has 2 aliphatic rings. The number of allylic oxidation sites excluding steroid dienone is 2. The fraction of sp³-hybridized carbons (Fsp3) is 0.136. The van der Waals surface area contributed by atoms with E-state index in [1.165, 1.54) is 30.3 Å². The van der Waals surface area contributed by atoms with Crippen LogP contribution < -0.4 is 15.3 Å². The van der Waals surface area contributed by atoms with Crippen molar-refractivity contribution in [3.63, 3.8) is 0 Å². The molecule has 0 saturated carbocycles. The second kappa shape index (κ2) is 17.5. The van der Waals surface area contributed by atoms with Crippen LogP contribution in [-0.4, -0.2) is 47.1 Å². The number of aliphatic imine (C=N–C) groups is 1. The number of ether oxygens (including phenoxy) is 1. The minimum atomic E-state index is -4.25. The van der Waals surface area contributed by atoms with Crippen molar-refractivity contribution < 1.29 is 42.2 Å². The van der Waals surface area contributed by atoms with Crippen LogP contribution in [0.25, 0.3) is 22.1 Å². The second-order valence-electron chi connectivity index (χ2n) is 13.1. The third-order valence-electron chi connectivity index (χ3n) is 9.87. The number of phenols is 4. The topological polar surface area (TPSA) is 179 Å². The first-order chi connectivity index (χ1) is 28.6. The largest absolute Gasteiger partial charge is 0.503 e. The molecule has 60 heavy (non-hydrogen) atoms. The molecule has 0 fully saturated rings. The lowest BCUT2D eigenvalue weighted by Gasteiger charge is -2.36. The van der Waals surface area contributed by atoms with Gasteiger partial charge in [-0.15, -0.1) is 0 Å². The van der Waals surface area contributed by atoms with Gasteiger partial charge in [-0.25, -0.2) is 8.98 Å². The van der Waals surface area contributed by atoms with Gasteiger partial charge in [0.2, 0.25) is 11.5 Å². The molecule has 1 spiro atoms. The first-order valence-electron chi connectivity index (χ1n) is 18.1. The Labute approximate surface area is 367 Å². The maximum atomic E-state index is 12.9. The summed E-state index contributed by atoms with van der Waals surface area (Å²) in [5.41, 5.74) is 2.82. The van der Waals surface area contributed by atoms with E-state index >= 15 is 0 Å². The number of thiocarbonyl (C=S) groups is 1. The van der Waals surface area contributed by atoms with Crippen LogP contribution in [0.2, 0.25) is 0 Å². The highest BCUT2D eigenvalue weighted by Crippen LogP contribution is 2.64. The molecule has 12 nitrogen and oxygen atoms in total. The molecule has 0 bridgehead atoms. The second-order valence-corrected chi connectivity index (χ2v) is 16.6. The van der Waals surface area contributed by atoms with E-state index in [-0.39, 0.29) is 47.7 Å². The summed E-state index contributed by atoms with van der Waals surface area (Å²) in [5, 5.41) is 44.6. The molecule has 8 rings (SSSR count). The number of aryl methyl sites for hydroxylation is 1. The highest BCUT2D eigenvalue weighted by Gasteiger charge is 2.57. The molecule has 0 radical (unpaired) electrons. The van der Waals surface area contributed by atoms with Gasteiger partial charge in [-0.3, -0.25) is 0 Å². The Hall–Kier alpha value is -5.74. The Morgan fingerprint density at radius 3 is 1.93 bits per heavy atom. The van der Waals surface area contributed by atoms with Gasteiger partial charge in [0.15, 0.2) is 28.6 Å². The predicted octanol–water partition coefficient (Wildman–Crippen LogP) is 10.9. The third-order valence-corrected chi connectivity index (χ3v) is 12.5. The van der Waals surface area contributed by atoms with Crippen LogP contribution in [0.5, 0.6) is 34.5 Å². The first-order valence-corrected chi connectivity index (χ1v) is 21.5. The van der Waals surface area contributed by atoms with Crippen molar-refractivity contribution in [1.29, 1.82) is 0 Å². The summed E-state index contributed by atoms with van der Waals surface area (Å²) >= 11 is 10.9. The summed E-state index contributed by atoms with van der Waals surface area (Å²) in [6.45, 7) is 14.7. The lowest BCUT2D eigenvalue weighted by molar-refractivity contribution is 0.159. The Morgan fingerprint density at radius 2 is 1.40 bits per heavy atom. The average molecular weight is 977 g/mol. The summed E-state index contributed by atoms with van der Waals surface area (Å²) in [7, 11) is -4.25. The van der Waals surface area contributed by atoms with Crippen molar-refractivity contribution in [2.24, 2.45) is 4.99 Å². The molecular formula is C44H36Br2N2O10S2. The molecule has 16 heteroatoms. The molecule has 6 aromatic rings. The van der Waals surface area contributed by atoms with Gasteiger partial charge in [0, 0.05) is 46.9 Å². The molecule has 4 N–H and O–H groups in total. The molecule has 0 atom stereocenters. The van der Waals surface area contributed by atoms with E-state index < -0.39 is 38.7 Å². The van der Waals surface area contributed by atoms with E-state index in [0.717, 1.165) is 35.3 Å². The number of halogens is 2. The van der Waals surface area contributed by atoms with Gasteiger partial charge in [-0.2, -0.15) is 13.4 Å². The summed E-state index contributed by atoms with van der Waals surface area (Å²) in [6.07, 6.45) is 3.28. The number of rotatable bonds is 6. The molecule has 308 valence electrons. The predicted molar refractivity (Wildman–Crippen MR) is 241 cm³/mol. The van der Waals surface area contributed by atoms with E-state index in [0.29, 0.717) is 16.8 Å². The van der Waals surface area contributed by atoms with Gasteiger partial charge in [0.05, 0.1) is 25.4 Å². The summed E-state index contributed by atoms with van der Waals surface area (Å²) < 4.78 is 42.9. The number of hydrogen-bond acceptors (Lipinski definition) is 13. The third kappa shape index (κ3) is 7.62. The SMILES string of the molecule is C=CC=C.CCN(CC)c1ccc2c(C)c(-c3ccc(N=C=S)cc3)c(=O)oc2c1.O=S1(=O)OC2(c3ccccc31)c1cc(Br)c(O)c(O)c1Oc1c2cc(Br)c(O)c1O. The van der Waals surface area contributed by atoms with Crippen LogP contribution in [0.1, 0.15) is 36.1 Å². The van der Waals surface area contributed by atoms with Crippen molar-refractivity contribution in [2.75, 3.05) is 18.0 Å². The number of benzene rings is 5. The molecule has 2 aliphatic heterocycles. The maximum Gasteiger partial charge on any atom is 0.344 e. The number of aromatic hydroxyl groups is 4. The Balaban J connectivity index is 0.000000187. The van der Waals surface area contributed by atoms with Crippen molar-refractivity contribution in [3.8, 4) is 45.6 Å². The Morgan fingerprint density at radius 1 is 0.833 bits per heavy atom. The van der Waals surface area contributed by atoms with Crippen molar-refractivity contribution in [3.05, 3.63) is 146 Å². The zero-order valence-electron chi connectivity index (χ0n) is 32.2. The Bertz CT molecular complexity index is 2850. The zero-order chi connectivity index (χ0) is 43.7. The van der Waals surface area contributed by atoms with Crippen molar-refractivity contribution in [2.45, 2.75) is 31.3 Å².